The van der Waals surface area contributed by atoms with Gasteiger partial charge < -0.3 is 14.8 Å². The number of aromatic nitrogens is 2. The summed E-state index contributed by atoms with van der Waals surface area (Å²) in [4.78, 5) is 8.90. The van der Waals surface area contributed by atoms with Crippen LogP contribution in [0.2, 0.25) is 0 Å². The molecule has 1 aromatic heterocycles. The molecule has 0 atom stereocenters. The van der Waals surface area contributed by atoms with Gasteiger partial charge in [-0.05, 0) is 6.92 Å². The average Bonchev–Trinajstić information content (AvgIpc) is 2.44. The second-order valence-corrected chi connectivity index (χ2v) is 4.46. The molecular weight excluding hydrogens is 268 g/mol. The van der Waals surface area contributed by atoms with E-state index < -0.39 is 13.0 Å². The minimum Gasteiger partial charge on any atom is -0.376 e. The summed E-state index contributed by atoms with van der Waals surface area (Å²) in [5.74, 6) is 1.40. The van der Waals surface area contributed by atoms with Crippen LogP contribution in [-0.4, -0.2) is 42.8 Å². The number of ether oxygens (including phenoxy) is 2. The fourth-order valence-electron chi connectivity index (χ4n) is 2.04. The number of anilines is 1. The third-order valence-electron chi connectivity index (χ3n) is 2.93. The van der Waals surface area contributed by atoms with Gasteiger partial charge in [-0.1, -0.05) is 0 Å². The fraction of sp³-hybridized carbons (Fsp3) is 0.692. The Kier molecular flexibility index (Phi) is 5.60. The minimum absolute atomic E-state index is 0.200. The van der Waals surface area contributed by atoms with Gasteiger partial charge in [-0.15, -0.1) is 0 Å². The van der Waals surface area contributed by atoms with Crippen LogP contribution >= 0.6 is 0 Å². The molecule has 0 unspecified atom stereocenters. The van der Waals surface area contributed by atoms with Gasteiger partial charge in [0.25, 0.3) is 6.43 Å². The first-order valence-corrected chi connectivity index (χ1v) is 6.77. The van der Waals surface area contributed by atoms with E-state index in [1.165, 1.54) is 0 Å². The molecule has 0 saturated heterocycles. The third kappa shape index (κ3) is 4.08. The molecule has 0 fully saturated rings. The van der Waals surface area contributed by atoms with Crippen molar-refractivity contribution in [1.29, 1.82) is 0 Å². The number of nitrogens with one attached hydrogen (secondary N) is 1. The van der Waals surface area contributed by atoms with Gasteiger partial charge in [-0.3, -0.25) is 0 Å². The highest BCUT2D eigenvalue weighted by Gasteiger charge is 2.17. The largest absolute Gasteiger partial charge is 0.376 e. The van der Waals surface area contributed by atoms with E-state index in [0.717, 1.165) is 30.0 Å². The molecule has 1 aliphatic rings. The van der Waals surface area contributed by atoms with Crippen molar-refractivity contribution in [2.75, 3.05) is 31.7 Å². The van der Waals surface area contributed by atoms with E-state index in [2.05, 4.69) is 15.3 Å². The molecule has 0 amide bonds. The van der Waals surface area contributed by atoms with Crippen molar-refractivity contribution in [1.82, 2.24) is 9.97 Å². The van der Waals surface area contributed by atoms with Gasteiger partial charge in [0.2, 0.25) is 0 Å². The Morgan fingerprint density at radius 2 is 2.25 bits per heavy atom. The van der Waals surface area contributed by atoms with Crippen molar-refractivity contribution < 1.29 is 18.3 Å². The first-order valence-electron chi connectivity index (χ1n) is 6.77. The van der Waals surface area contributed by atoms with Crippen LogP contribution < -0.4 is 5.32 Å². The molecule has 112 valence electrons. The van der Waals surface area contributed by atoms with E-state index in [1.54, 1.807) is 0 Å². The van der Waals surface area contributed by atoms with E-state index in [1.807, 2.05) is 6.92 Å². The van der Waals surface area contributed by atoms with Gasteiger partial charge >= 0.3 is 0 Å². The van der Waals surface area contributed by atoms with Crippen LogP contribution in [0.15, 0.2) is 0 Å². The van der Waals surface area contributed by atoms with Gasteiger partial charge in [-0.25, -0.2) is 18.7 Å². The molecule has 0 aromatic carbocycles. The normalized spacial score (nSPS) is 14.4. The second-order valence-electron chi connectivity index (χ2n) is 4.46. The van der Waals surface area contributed by atoms with Crippen LogP contribution in [0.1, 0.15) is 24.0 Å². The second kappa shape index (κ2) is 7.44. The predicted octanol–water partition coefficient (Wildman–Crippen LogP) is 1.81. The summed E-state index contributed by atoms with van der Waals surface area (Å²) in [6.07, 6.45) is -1.26. The molecule has 2 rings (SSSR count). The van der Waals surface area contributed by atoms with Crippen molar-refractivity contribution >= 4 is 5.82 Å². The number of rotatable bonds is 7. The maximum absolute atomic E-state index is 12.0. The Labute approximate surface area is 116 Å². The van der Waals surface area contributed by atoms with Crippen LogP contribution in [0.3, 0.4) is 0 Å². The van der Waals surface area contributed by atoms with Crippen molar-refractivity contribution in [3.63, 3.8) is 0 Å². The molecule has 0 aliphatic carbocycles. The molecule has 20 heavy (non-hydrogen) atoms. The monoisotopic (exact) mass is 287 g/mol. The summed E-state index contributed by atoms with van der Waals surface area (Å²) in [5, 5.41) is 3.19. The van der Waals surface area contributed by atoms with Crippen molar-refractivity contribution in [2.24, 2.45) is 0 Å². The highest BCUT2D eigenvalue weighted by atomic mass is 19.3. The Morgan fingerprint density at radius 1 is 1.40 bits per heavy atom. The van der Waals surface area contributed by atoms with Crippen LogP contribution in [0.5, 0.6) is 0 Å². The predicted molar refractivity (Wildman–Crippen MR) is 70.1 cm³/mol. The zero-order valence-electron chi connectivity index (χ0n) is 11.5. The first-order chi connectivity index (χ1) is 9.70. The van der Waals surface area contributed by atoms with Crippen LogP contribution in [-0.2, 0) is 28.9 Å². The zero-order chi connectivity index (χ0) is 14.4. The van der Waals surface area contributed by atoms with Crippen molar-refractivity contribution in [3.8, 4) is 0 Å². The SMILES string of the molecule is CCNc1nc(CCOCC(F)F)nc2c1COCC2. The zero-order valence-corrected chi connectivity index (χ0v) is 11.5. The number of nitrogens with zero attached hydrogens (tertiary/aromatic N) is 2. The number of hydrogen-bond acceptors (Lipinski definition) is 5. The summed E-state index contributed by atoms with van der Waals surface area (Å²) >= 11 is 0. The molecule has 1 aromatic rings. The van der Waals surface area contributed by atoms with Crippen molar-refractivity contribution in [2.45, 2.75) is 32.8 Å². The lowest BCUT2D eigenvalue weighted by atomic mass is 10.1. The Balaban J connectivity index is 2.03. The highest BCUT2D eigenvalue weighted by Crippen LogP contribution is 2.22. The first kappa shape index (κ1) is 15.1. The molecule has 2 heterocycles. The molecule has 1 N–H and O–H groups in total. The Morgan fingerprint density at radius 3 is 3.00 bits per heavy atom. The fourth-order valence-corrected chi connectivity index (χ4v) is 2.04. The molecular formula is C13H19F2N3O2. The maximum atomic E-state index is 12.0. The van der Waals surface area contributed by atoms with Crippen molar-refractivity contribution in [3.05, 3.63) is 17.1 Å². The van der Waals surface area contributed by atoms with Crippen LogP contribution in [0.25, 0.3) is 0 Å². The van der Waals surface area contributed by atoms with Gasteiger partial charge in [-0.2, -0.15) is 0 Å². The molecule has 0 spiro atoms. The molecule has 0 bridgehead atoms. The third-order valence-corrected chi connectivity index (χ3v) is 2.93. The van der Waals surface area contributed by atoms with Gasteiger partial charge in [0.15, 0.2) is 0 Å². The summed E-state index contributed by atoms with van der Waals surface area (Å²) in [5.41, 5.74) is 1.97. The summed E-state index contributed by atoms with van der Waals surface area (Å²) < 4.78 is 34.2. The summed E-state index contributed by atoms with van der Waals surface area (Å²) in [7, 11) is 0. The Hall–Kier alpha value is -1.34. The standard InChI is InChI=1S/C13H19F2N3O2/c1-2-16-13-9-7-19-5-3-10(9)17-12(18-13)4-6-20-8-11(14)15/h11H,2-8H2,1H3,(H,16,17,18). The topological polar surface area (TPSA) is 56.3 Å². The average molecular weight is 287 g/mol. The lowest BCUT2D eigenvalue weighted by Crippen LogP contribution is -2.19. The maximum Gasteiger partial charge on any atom is 0.261 e. The van der Waals surface area contributed by atoms with E-state index in [-0.39, 0.29) is 6.61 Å². The Bertz CT molecular complexity index is 444. The lowest BCUT2D eigenvalue weighted by Gasteiger charge is -2.19. The molecule has 0 saturated carbocycles. The molecule has 1 aliphatic heterocycles. The molecule has 7 heteroatoms. The highest BCUT2D eigenvalue weighted by molar-refractivity contribution is 5.47. The lowest BCUT2D eigenvalue weighted by molar-refractivity contribution is 0.0182. The van der Waals surface area contributed by atoms with Crippen LogP contribution in [0, 0.1) is 0 Å². The smallest absolute Gasteiger partial charge is 0.261 e. The van der Waals surface area contributed by atoms with E-state index >= 15 is 0 Å². The number of fused-ring (bicyclic) bond motifs is 1. The van der Waals surface area contributed by atoms with E-state index in [0.29, 0.717) is 25.5 Å². The summed E-state index contributed by atoms with van der Waals surface area (Å²) in [6, 6.07) is 0. The number of alkyl halides is 2. The quantitative estimate of drug-likeness (QED) is 0.775. The molecule has 0 radical (unpaired) electrons. The summed E-state index contributed by atoms with van der Waals surface area (Å²) in [6.45, 7) is 3.56. The number of hydrogen-bond donors (Lipinski definition) is 1. The van der Waals surface area contributed by atoms with E-state index in [9.17, 15) is 8.78 Å². The van der Waals surface area contributed by atoms with Gasteiger partial charge in [0.05, 0.1) is 25.5 Å². The molecule has 5 nitrogen and oxygen atoms in total. The van der Waals surface area contributed by atoms with Gasteiger partial charge in [0.1, 0.15) is 18.2 Å². The minimum atomic E-state index is -2.44. The van der Waals surface area contributed by atoms with Crippen LogP contribution in [0.4, 0.5) is 14.6 Å². The van der Waals surface area contributed by atoms with Gasteiger partial charge in [0, 0.05) is 24.9 Å². The van der Waals surface area contributed by atoms with E-state index in [4.69, 9.17) is 9.47 Å². The number of halogens is 2.